The van der Waals surface area contributed by atoms with Crippen LogP contribution in [-0.4, -0.2) is 23.2 Å². The van der Waals surface area contributed by atoms with E-state index in [0.29, 0.717) is 12.8 Å². The smallest absolute Gasteiger partial charge is 0.307 e. The van der Waals surface area contributed by atoms with Crippen LogP contribution in [0.15, 0.2) is 24.3 Å². The molecule has 21 heavy (non-hydrogen) atoms. The topological polar surface area (TPSA) is 59.4 Å². The average molecular weight is 305 g/mol. The van der Waals surface area contributed by atoms with Crippen LogP contribution in [0.5, 0.6) is 5.75 Å². The number of thiazole rings is 1. The Labute approximate surface area is 128 Å². The van der Waals surface area contributed by atoms with Crippen molar-refractivity contribution < 1.29 is 14.6 Å². The third kappa shape index (κ3) is 4.04. The fourth-order valence-electron chi connectivity index (χ4n) is 2.13. The molecule has 0 aliphatic carbocycles. The SMILES string of the molecule is COc1ccc(CC(Cc2nc(C)c(C)s2)C(=O)O)cc1. The van der Waals surface area contributed by atoms with Gasteiger partial charge in [-0.05, 0) is 38.0 Å². The molecule has 2 rings (SSSR count). The molecule has 0 saturated heterocycles. The molecule has 0 amide bonds. The van der Waals surface area contributed by atoms with E-state index in [1.54, 1.807) is 18.4 Å². The van der Waals surface area contributed by atoms with Gasteiger partial charge in [-0.25, -0.2) is 4.98 Å². The molecule has 1 aromatic carbocycles. The number of nitrogens with zero attached hydrogens (tertiary/aromatic N) is 1. The van der Waals surface area contributed by atoms with Gasteiger partial charge in [-0.3, -0.25) is 4.79 Å². The Morgan fingerprint density at radius 1 is 1.29 bits per heavy atom. The molecule has 2 aromatic rings. The van der Waals surface area contributed by atoms with Crippen molar-refractivity contribution >= 4 is 17.3 Å². The van der Waals surface area contributed by atoms with Crippen LogP contribution in [0.1, 0.15) is 21.1 Å². The lowest BCUT2D eigenvalue weighted by molar-refractivity contribution is -0.141. The molecule has 1 N–H and O–H groups in total. The first kappa shape index (κ1) is 15.5. The van der Waals surface area contributed by atoms with Crippen molar-refractivity contribution in [1.82, 2.24) is 4.98 Å². The molecule has 0 aliphatic heterocycles. The number of carboxylic acids is 1. The maximum Gasteiger partial charge on any atom is 0.307 e. The maximum atomic E-state index is 11.5. The monoisotopic (exact) mass is 305 g/mol. The summed E-state index contributed by atoms with van der Waals surface area (Å²) in [6.45, 7) is 3.96. The van der Waals surface area contributed by atoms with Crippen molar-refractivity contribution in [3.8, 4) is 5.75 Å². The second-order valence-electron chi connectivity index (χ2n) is 5.04. The zero-order valence-electron chi connectivity index (χ0n) is 12.4. The van der Waals surface area contributed by atoms with Crippen LogP contribution in [0.3, 0.4) is 0 Å². The Balaban J connectivity index is 2.09. The highest BCUT2D eigenvalue weighted by Crippen LogP contribution is 2.22. The largest absolute Gasteiger partial charge is 0.497 e. The lowest BCUT2D eigenvalue weighted by Gasteiger charge is -2.11. The number of benzene rings is 1. The molecule has 0 aliphatic rings. The lowest BCUT2D eigenvalue weighted by atomic mass is 9.96. The van der Waals surface area contributed by atoms with Gasteiger partial charge in [-0.15, -0.1) is 11.3 Å². The van der Waals surface area contributed by atoms with Gasteiger partial charge >= 0.3 is 5.97 Å². The summed E-state index contributed by atoms with van der Waals surface area (Å²) in [7, 11) is 1.61. The van der Waals surface area contributed by atoms with Gasteiger partial charge in [0.2, 0.25) is 0 Å². The number of aromatic nitrogens is 1. The number of ether oxygens (including phenoxy) is 1. The predicted octanol–water partition coefficient (Wildman–Crippen LogP) is 3.25. The number of aryl methyl sites for hydroxylation is 2. The normalized spacial score (nSPS) is 12.1. The van der Waals surface area contributed by atoms with Crippen LogP contribution in [0, 0.1) is 19.8 Å². The first-order valence-corrected chi connectivity index (χ1v) is 7.60. The molecule has 1 aromatic heterocycles. The van der Waals surface area contributed by atoms with E-state index in [1.807, 2.05) is 38.1 Å². The van der Waals surface area contributed by atoms with Crippen molar-refractivity contribution in [1.29, 1.82) is 0 Å². The molecule has 1 unspecified atom stereocenters. The van der Waals surface area contributed by atoms with Crippen LogP contribution in [0.2, 0.25) is 0 Å². The zero-order valence-corrected chi connectivity index (χ0v) is 13.2. The maximum absolute atomic E-state index is 11.5. The van der Waals surface area contributed by atoms with E-state index in [2.05, 4.69) is 4.98 Å². The Kier molecular flexibility index (Phi) is 4.96. The van der Waals surface area contributed by atoms with E-state index in [-0.39, 0.29) is 0 Å². The highest BCUT2D eigenvalue weighted by atomic mass is 32.1. The van der Waals surface area contributed by atoms with Gasteiger partial charge in [0.1, 0.15) is 5.75 Å². The third-order valence-corrected chi connectivity index (χ3v) is 4.58. The average Bonchev–Trinajstić information content (AvgIpc) is 2.77. The summed E-state index contributed by atoms with van der Waals surface area (Å²) in [5.74, 6) is -0.462. The van der Waals surface area contributed by atoms with E-state index in [4.69, 9.17) is 4.74 Å². The molecule has 5 heteroatoms. The van der Waals surface area contributed by atoms with Gasteiger partial charge in [-0.1, -0.05) is 12.1 Å². The molecule has 0 bridgehead atoms. The van der Waals surface area contributed by atoms with E-state index in [1.165, 1.54) is 0 Å². The molecule has 1 atom stereocenters. The second-order valence-corrected chi connectivity index (χ2v) is 6.33. The molecule has 112 valence electrons. The number of carboxylic acid groups (broad SMARTS) is 1. The van der Waals surface area contributed by atoms with Gasteiger partial charge in [0, 0.05) is 11.3 Å². The molecule has 0 radical (unpaired) electrons. The van der Waals surface area contributed by atoms with Crippen molar-refractivity contribution in [3.05, 3.63) is 45.4 Å². The van der Waals surface area contributed by atoms with Crippen LogP contribution in [-0.2, 0) is 17.6 Å². The van der Waals surface area contributed by atoms with Crippen LogP contribution < -0.4 is 4.74 Å². The molecule has 0 saturated carbocycles. The summed E-state index contributed by atoms with van der Waals surface area (Å²) < 4.78 is 5.11. The van der Waals surface area contributed by atoms with Crippen molar-refractivity contribution in [3.63, 3.8) is 0 Å². The van der Waals surface area contributed by atoms with E-state index < -0.39 is 11.9 Å². The summed E-state index contributed by atoms with van der Waals surface area (Å²) in [5.41, 5.74) is 1.98. The summed E-state index contributed by atoms with van der Waals surface area (Å²) in [6.07, 6.45) is 0.970. The minimum Gasteiger partial charge on any atom is -0.497 e. The summed E-state index contributed by atoms with van der Waals surface area (Å²) >= 11 is 1.58. The molecular formula is C16H19NO3S. The fraction of sp³-hybridized carbons (Fsp3) is 0.375. The van der Waals surface area contributed by atoms with Gasteiger partial charge in [0.05, 0.1) is 23.7 Å². The van der Waals surface area contributed by atoms with Gasteiger partial charge in [0.25, 0.3) is 0 Å². The number of hydrogen-bond acceptors (Lipinski definition) is 4. The highest BCUT2D eigenvalue weighted by Gasteiger charge is 2.20. The quantitative estimate of drug-likeness (QED) is 0.890. The molecule has 0 fully saturated rings. The summed E-state index contributed by atoms with van der Waals surface area (Å²) in [5, 5.41) is 10.3. The van der Waals surface area contributed by atoms with E-state index in [0.717, 1.165) is 26.9 Å². The van der Waals surface area contributed by atoms with Gasteiger partial charge in [0.15, 0.2) is 0 Å². The Bertz CT molecular complexity index is 599. The Morgan fingerprint density at radius 3 is 2.43 bits per heavy atom. The first-order valence-electron chi connectivity index (χ1n) is 6.78. The minimum absolute atomic E-state index is 0.455. The van der Waals surface area contributed by atoms with Gasteiger partial charge in [-0.2, -0.15) is 0 Å². The second kappa shape index (κ2) is 6.72. The highest BCUT2D eigenvalue weighted by molar-refractivity contribution is 7.11. The Hall–Kier alpha value is -1.88. The lowest BCUT2D eigenvalue weighted by Crippen LogP contribution is -2.19. The zero-order chi connectivity index (χ0) is 15.4. The number of carbonyl (C=O) groups is 1. The van der Waals surface area contributed by atoms with E-state index >= 15 is 0 Å². The molecular weight excluding hydrogens is 286 g/mol. The van der Waals surface area contributed by atoms with Crippen LogP contribution in [0.25, 0.3) is 0 Å². The van der Waals surface area contributed by atoms with Crippen LogP contribution in [0.4, 0.5) is 0 Å². The predicted molar refractivity (Wildman–Crippen MR) is 83.1 cm³/mol. The fourth-order valence-corrected chi connectivity index (χ4v) is 3.14. The molecule has 4 nitrogen and oxygen atoms in total. The van der Waals surface area contributed by atoms with Crippen molar-refractivity contribution in [2.75, 3.05) is 7.11 Å². The standard InChI is InChI=1S/C16H19NO3S/c1-10-11(2)21-15(17-10)9-13(16(18)19)8-12-4-6-14(20-3)7-5-12/h4-7,13H,8-9H2,1-3H3,(H,18,19). The van der Waals surface area contributed by atoms with Crippen molar-refractivity contribution in [2.45, 2.75) is 26.7 Å². The summed E-state index contributed by atoms with van der Waals surface area (Å²) in [6, 6.07) is 7.53. The molecule has 1 heterocycles. The van der Waals surface area contributed by atoms with E-state index in [9.17, 15) is 9.90 Å². The number of rotatable bonds is 6. The van der Waals surface area contributed by atoms with Gasteiger partial charge < -0.3 is 9.84 Å². The first-order chi connectivity index (χ1) is 9.99. The third-order valence-electron chi connectivity index (χ3n) is 3.48. The number of hydrogen-bond donors (Lipinski definition) is 1. The van der Waals surface area contributed by atoms with Crippen molar-refractivity contribution in [2.24, 2.45) is 5.92 Å². The molecule has 0 spiro atoms. The minimum atomic E-state index is -0.781. The Morgan fingerprint density at radius 2 is 1.95 bits per heavy atom. The number of methoxy groups -OCH3 is 1. The van der Waals surface area contributed by atoms with Crippen LogP contribution >= 0.6 is 11.3 Å². The summed E-state index contributed by atoms with van der Waals surface area (Å²) in [4.78, 5) is 17.1. The number of aliphatic carboxylic acids is 1.